The van der Waals surface area contributed by atoms with Crippen LogP contribution in [0, 0.1) is 5.92 Å². The van der Waals surface area contributed by atoms with E-state index < -0.39 is 10.0 Å². The van der Waals surface area contributed by atoms with Gasteiger partial charge in [0.2, 0.25) is 10.0 Å². The van der Waals surface area contributed by atoms with Crippen LogP contribution in [0.25, 0.3) is 0 Å². The van der Waals surface area contributed by atoms with E-state index in [2.05, 4.69) is 37.0 Å². The van der Waals surface area contributed by atoms with E-state index in [9.17, 15) is 8.42 Å². The second-order valence-corrected chi connectivity index (χ2v) is 9.80. The maximum absolute atomic E-state index is 12.2. The highest BCUT2D eigenvalue weighted by molar-refractivity contribution is 14.0. The number of hydrogen-bond donors (Lipinski definition) is 2. The van der Waals surface area contributed by atoms with Crippen LogP contribution in [0.3, 0.4) is 0 Å². The highest BCUT2D eigenvalue weighted by Crippen LogP contribution is 2.25. The lowest BCUT2D eigenvalue weighted by molar-refractivity contribution is 0.316. The van der Waals surface area contributed by atoms with Crippen molar-refractivity contribution in [2.24, 2.45) is 10.9 Å². The smallest absolute Gasteiger partial charge is 0.213 e. The summed E-state index contributed by atoms with van der Waals surface area (Å²) in [5.41, 5.74) is 1.18. The van der Waals surface area contributed by atoms with Gasteiger partial charge in [-0.05, 0) is 49.9 Å². The Bertz CT molecular complexity index is 792. The summed E-state index contributed by atoms with van der Waals surface area (Å²) in [5.74, 6) is 2.19. The SMILES string of the molecule is CCNC(=NCCS(=O)(=O)NCC1CCC1)N1CCN(c2ccc(OC)cc2)CC1.I. The third-order valence-corrected chi connectivity index (χ3v) is 7.12. The first-order valence-electron chi connectivity index (χ1n) is 10.9. The van der Waals surface area contributed by atoms with Crippen LogP contribution in [-0.4, -0.2) is 78.0 Å². The molecule has 1 heterocycles. The zero-order valence-corrected chi connectivity index (χ0v) is 21.7. The van der Waals surface area contributed by atoms with Gasteiger partial charge in [0.05, 0.1) is 19.4 Å². The van der Waals surface area contributed by atoms with Crippen molar-refractivity contribution in [2.75, 3.05) is 63.6 Å². The van der Waals surface area contributed by atoms with Gasteiger partial charge in [0.15, 0.2) is 5.96 Å². The normalized spacial score (nSPS) is 17.7. The molecular formula is C21H36IN5O3S. The molecule has 31 heavy (non-hydrogen) atoms. The summed E-state index contributed by atoms with van der Waals surface area (Å²) in [6.07, 6.45) is 3.48. The van der Waals surface area contributed by atoms with Gasteiger partial charge in [-0.15, -0.1) is 24.0 Å². The number of hydrogen-bond acceptors (Lipinski definition) is 5. The van der Waals surface area contributed by atoms with Crippen molar-refractivity contribution in [2.45, 2.75) is 26.2 Å². The van der Waals surface area contributed by atoms with E-state index in [0.717, 1.165) is 57.3 Å². The molecule has 10 heteroatoms. The zero-order valence-electron chi connectivity index (χ0n) is 18.5. The first-order valence-corrected chi connectivity index (χ1v) is 12.6. The molecule has 0 aromatic heterocycles. The van der Waals surface area contributed by atoms with Crippen LogP contribution in [0.5, 0.6) is 5.75 Å². The fourth-order valence-electron chi connectivity index (χ4n) is 3.68. The highest BCUT2D eigenvalue weighted by Gasteiger charge is 2.21. The number of halogens is 1. The number of sulfonamides is 1. The molecule has 2 aliphatic rings. The zero-order chi connectivity index (χ0) is 21.4. The van der Waals surface area contributed by atoms with Crippen LogP contribution in [-0.2, 0) is 10.0 Å². The second kappa shape index (κ2) is 12.7. The molecule has 0 bridgehead atoms. The Hall–Kier alpha value is -1.27. The molecular weight excluding hydrogens is 529 g/mol. The van der Waals surface area contributed by atoms with Crippen LogP contribution < -0.4 is 19.7 Å². The van der Waals surface area contributed by atoms with Crippen molar-refractivity contribution in [1.82, 2.24) is 14.9 Å². The Labute approximate surface area is 203 Å². The van der Waals surface area contributed by atoms with Gasteiger partial charge in [-0.1, -0.05) is 6.42 Å². The van der Waals surface area contributed by atoms with Gasteiger partial charge in [0.1, 0.15) is 5.75 Å². The number of ether oxygens (including phenoxy) is 1. The molecule has 0 amide bonds. The van der Waals surface area contributed by atoms with E-state index in [1.165, 1.54) is 12.1 Å². The Morgan fingerprint density at radius 1 is 1.16 bits per heavy atom. The van der Waals surface area contributed by atoms with Gasteiger partial charge in [0.25, 0.3) is 0 Å². The predicted molar refractivity (Wildman–Crippen MR) is 137 cm³/mol. The Balaban J connectivity index is 0.00000341. The first-order chi connectivity index (χ1) is 14.5. The number of anilines is 1. The Kier molecular flexibility index (Phi) is 10.6. The van der Waals surface area contributed by atoms with Gasteiger partial charge in [-0.3, -0.25) is 4.99 Å². The van der Waals surface area contributed by atoms with Crippen LogP contribution in [0.4, 0.5) is 5.69 Å². The van der Waals surface area contributed by atoms with Crippen molar-refractivity contribution in [3.05, 3.63) is 24.3 Å². The number of rotatable bonds is 9. The standard InChI is InChI=1S/C21H35N5O3S.HI/c1-3-22-21(23-11-16-30(27,28)24-17-18-5-4-6-18)26-14-12-25(13-15-26)19-7-9-20(29-2)10-8-19;/h7-10,18,24H,3-6,11-17H2,1-2H3,(H,22,23);1H. The van der Waals surface area contributed by atoms with Gasteiger partial charge in [-0.25, -0.2) is 13.1 Å². The number of piperazine rings is 1. The summed E-state index contributed by atoms with van der Waals surface area (Å²) in [6, 6.07) is 8.11. The maximum atomic E-state index is 12.2. The molecule has 2 fully saturated rings. The molecule has 1 aliphatic heterocycles. The maximum Gasteiger partial charge on any atom is 0.213 e. The average molecular weight is 566 g/mol. The van der Waals surface area contributed by atoms with Gasteiger partial charge >= 0.3 is 0 Å². The third kappa shape index (κ3) is 7.98. The fraction of sp³-hybridized carbons (Fsp3) is 0.667. The molecule has 0 unspecified atom stereocenters. The summed E-state index contributed by atoms with van der Waals surface area (Å²) >= 11 is 0. The molecule has 0 radical (unpaired) electrons. The van der Waals surface area contributed by atoms with Crippen molar-refractivity contribution in [3.8, 4) is 5.75 Å². The minimum atomic E-state index is -3.27. The highest BCUT2D eigenvalue weighted by atomic mass is 127. The first kappa shape index (κ1) is 26.0. The number of nitrogens with one attached hydrogen (secondary N) is 2. The fourth-order valence-corrected chi connectivity index (χ4v) is 4.65. The van der Waals surface area contributed by atoms with Crippen molar-refractivity contribution >= 4 is 45.6 Å². The van der Waals surface area contributed by atoms with E-state index in [1.807, 2.05) is 19.1 Å². The van der Waals surface area contributed by atoms with Crippen LogP contribution in [0.15, 0.2) is 29.3 Å². The van der Waals surface area contributed by atoms with Crippen LogP contribution in [0.1, 0.15) is 26.2 Å². The molecule has 3 rings (SSSR count). The van der Waals surface area contributed by atoms with E-state index in [-0.39, 0.29) is 36.3 Å². The van der Waals surface area contributed by atoms with E-state index in [4.69, 9.17) is 4.74 Å². The van der Waals surface area contributed by atoms with Gasteiger partial charge < -0.3 is 19.9 Å². The summed E-state index contributed by atoms with van der Waals surface area (Å²) in [6.45, 7) is 7.07. The van der Waals surface area contributed by atoms with E-state index >= 15 is 0 Å². The number of nitrogens with zero attached hydrogens (tertiary/aromatic N) is 3. The summed E-state index contributed by atoms with van der Waals surface area (Å²) < 4.78 is 32.4. The van der Waals surface area contributed by atoms with Crippen molar-refractivity contribution < 1.29 is 13.2 Å². The molecule has 1 saturated carbocycles. The molecule has 1 aromatic carbocycles. The summed E-state index contributed by atoms with van der Waals surface area (Å²) in [4.78, 5) is 9.13. The topological polar surface area (TPSA) is 86.3 Å². The van der Waals surface area contributed by atoms with Crippen LogP contribution >= 0.6 is 24.0 Å². The van der Waals surface area contributed by atoms with E-state index in [0.29, 0.717) is 12.5 Å². The molecule has 176 valence electrons. The summed E-state index contributed by atoms with van der Waals surface area (Å²) in [7, 11) is -1.59. The lowest BCUT2D eigenvalue weighted by Gasteiger charge is -2.37. The van der Waals surface area contributed by atoms with Crippen molar-refractivity contribution in [1.29, 1.82) is 0 Å². The molecule has 1 saturated heterocycles. The molecule has 1 aliphatic carbocycles. The Morgan fingerprint density at radius 2 is 1.84 bits per heavy atom. The molecule has 0 spiro atoms. The number of guanidine groups is 1. The van der Waals surface area contributed by atoms with Crippen molar-refractivity contribution in [3.63, 3.8) is 0 Å². The minimum absolute atomic E-state index is 0. The lowest BCUT2D eigenvalue weighted by Crippen LogP contribution is -2.52. The second-order valence-electron chi connectivity index (χ2n) is 7.87. The summed E-state index contributed by atoms with van der Waals surface area (Å²) in [5, 5.41) is 3.30. The van der Waals surface area contributed by atoms with Gasteiger partial charge in [0, 0.05) is 45.0 Å². The van der Waals surface area contributed by atoms with E-state index in [1.54, 1.807) is 7.11 Å². The number of methoxy groups -OCH3 is 1. The molecule has 2 N–H and O–H groups in total. The number of benzene rings is 1. The minimum Gasteiger partial charge on any atom is -0.497 e. The largest absolute Gasteiger partial charge is 0.497 e. The monoisotopic (exact) mass is 565 g/mol. The predicted octanol–water partition coefficient (Wildman–Crippen LogP) is 2.12. The Morgan fingerprint density at radius 3 is 2.39 bits per heavy atom. The quantitative estimate of drug-likeness (QED) is 0.271. The number of aliphatic imine (C=N–C) groups is 1. The average Bonchev–Trinajstić information content (AvgIpc) is 2.72. The molecule has 1 aromatic rings. The van der Waals surface area contributed by atoms with Gasteiger partial charge in [-0.2, -0.15) is 0 Å². The molecule has 8 nitrogen and oxygen atoms in total. The van der Waals surface area contributed by atoms with Crippen LogP contribution in [0.2, 0.25) is 0 Å². The molecule has 0 atom stereocenters. The third-order valence-electron chi connectivity index (χ3n) is 5.79. The lowest BCUT2D eigenvalue weighted by atomic mass is 9.86.